The monoisotopic (exact) mass is 430 g/mol. The Balaban J connectivity index is 4.11. The molecule has 0 aromatic rings. The van der Waals surface area contributed by atoms with Crippen molar-refractivity contribution in [2.75, 3.05) is 0 Å². The highest BCUT2D eigenvalue weighted by Gasteiger charge is 2.10. The molecule has 182 valence electrons. The molecule has 0 atom stereocenters. The summed E-state index contributed by atoms with van der Waals surface area (Å²) in [7, 11) is 0. The molecule has 31 heavy (non-hydrogen) atoms. The van der Waals surface area contributed by atoms with Gasteiger partial charge >= 0.3 is 0 Å². The van der Waals surface area contributed by atoms with Crippen molar-refractivity contribution in [3.8, 4) is 0 Å². The molecule has 0 aliphatic rings. The van der Waals surface area contributed by atoms with Crippen LogP contribution in [0.4, 0.5) is 0 Å². The van der Waals surface area contributed by atoms with Crippen LogP contribution >= 0.6 is 0 Å². The zero-order valence-electron chi connectivity index (χ0n) is 21.9. The smallest absolute Gasteiger partial charge is 0.0250 e. The fourth-order valence-electron chi connectivity index (χ4n) is 4.73. The maximum Gasteiger partial charge on any atom is -0.0250 e. The molecule has 0 N–H and O–H groups in total. The van der Waals surface area contributed by atoms with Crippen LogP contribution in [0.5, 0.6) is 0 Å². The molecule has 0 aromatic heterocycles. The summed E-state index contributed by atoms with van der Waals surface area (Å²) in [5, 5.41) is 0. The Bertz CT molecular complexity index is 392. The molecule has 0 nitrogen and oxygen atoms in total. The summed E-state index contributed by atoms with van der Waals surface area (Å²) in [5.41, 5.74) is 1.47. The van der Waals surface area contributed by atoms with Crippen LogP contribution < -0.4 is 0 Å². The zero-order valence-corrected chi connectivity index (χ0v) is 21.9. The van der Waals surface area contributed by atoms with Gasteiger partial charge in [0.2, 0.25) is 0 Å². The van der Waals surface area contributed by atoms with E-state index in [4.69, 9.17) is 0 Å². The Morgan fingerprint density at radius 1 is 0.613 bits per heavy atom. The van der Waals surface area contributed by atoms with Gasteiger partial charge in [-0.05, 0) is 24.8 Å². The van der Waals surface area contributed by atoms with Crippen molar-refractivity contribution in [2.45, 2.75) is 156 Å². The van der Waals surface area contributed by atoms with Crippen LogP contribution in [0, 0.1) is 5.92 Å². The molecule has 0 saturated heterocycles. The molecule has 0 aromatic carbocycles. The average molecular weight is 431 g/mol. The minimum Gasteiger partial charge on any atom is -0.0991 e. The first-order chi connectivity index (χ1) is 15.3. The molecule has 0 saturated carbocycles. The molecular formula is C31H58. The molecule has 0 spiro atoms. The van der Waals surface area contributed by atoms with Crippen molar-refractivity contribution in [3.05, 3.63) is 36.5 Å². The van der Waals surface area contributed by atoms with Gasteiger partial charge < -0.3 is 0 Å². The van der Waals surface area contributed by atoms with Crippen LogP contribution in [-0.4, -0.2) is 0 Å². The van der Waals surface area contributed by atoms with E-state index in [1.165, 1.54) is 140 Å². The minimum atomic E-state index is 0.858. The Morgan fingerprint density at radius 3 is 1.35 bits per heavy atom. The third kappa shape index (κ3) is 22.2. The zero-order chi connectivity index (χ0) is 22.8. The van der Waals surface area contributed by atoms with E-state index in [9.17, 15) is 0 Å². The van der Waals surface area contributed by atoms with Crippen molar-refractivity contribution in [3.63, 3.8) is 0 Å². The van der Waals surface area contributed by atoms with Gasteiger partial charge in [-0.15, -0.1) is 0 Å². The van der Waals surface area contributed by atoms with E-state index in [1.807, 2.05) is 6.08 Å². The normalized spacial score (nSPS) is 12.3. The second-order valence-electron chi connectivity index (χ2n) is 9.78. The Hall–Kier alpha value is -0.780. The molecular weight excluding hydrogens is 372 g/mol. The summed E-state index contributed by atoms with van der Waals surface area (Å²) in [4.78, 5) is 0. The molecule has 0 aliphatic carbocycles. The van der Waals surface area contributed by atoms with E-state index < -0.39 is 0 Å². The first-order valence-electron chi connectivity index (χ1n) is 14.2. The van der Waals surface area contributed by atoms with Crippen molar-refractivity contribution >= 4 is 0 Å². The van der Waals surface area contributed by atoms with E-state index in [2.05, 4.69) is 45.6 Å². The van der Waals surface area contributed by atoms with E-state index in [-0.39, 0.29) is 0 Å². The highest BCUT2D eigenvalue weighted by atomic mass is 14.2. The third-order valence-corrected chi connectivity index (χ3v) is 6.67. The number of hydrogen-bond acceptors (Lipinski definition) is 0. The van der Waals surface area contributed by atoms with Gasteiger partial charge in [-0.1, -0.05) is 173 Å². The van der Waals surface area contributed by atoms with Crippen molar-refractivity contribution in [2.24, 2.45) is 5.92 Å². The van der Waals surface area contributed by atoms with Crippen LogP contribution in [0.15, 0.2) is 36.5 Å². The Labute approximate surface area is 198 Å². The molecule has 0 heteroatoms. The fourth-order valence-corrected chi connectivity index (χ4v) is 4.73. The molecule has 0 unspecified atom stereocenters. The Morgan fingerprint density at radius 2 is 1.00 bits per heavy atom. The van der Waals surface area contributed by atoms with Gasteiger partial charge in [0.05, 0.1) is 0 Å². The van der Waals surface area contributed by atoms with Crippen molar-refractivity contribution < 1.29 is 0 Å². The highest BCUT2D eigenvalue weighted by Crippen LogP contribution is 2.26. The molecule has 0 heterocycles. The fraction of sp³-hybridized carbons (Fsp3) is 0.806. The van der Waals surface area contributed by atoms with Crippen LogP contribution in [0.2, 0.25) is 0 Å². The molecule has 0 bridgehead atoms. The number of rotatable bonds is 24. The summed E-state index contributed by atoms with van der Waals surface area (Å²) in [6, 6.07) is 0. The lowest BCUT2D eigenvalue weighted by atomic mass is 9.88. The van der Waals surface area contributed by atoms with E-state index in [0.717, 1.165) is 5.92 Å². The number of allylic oxidation sites excluding steroid dienone is 5. The summed E-state index contributed by atoms with van der Waals surface area (Å²) >= 11 is 0. The highest BCUT2D eigenvalue weighted by molar-refractivity contribution is 5.22. The molecule has 0 aliphatic heterocycles. The first kappa shape index (κ1) is 30.2. The minimum absolute atomic E-state index is 0.858. The summed E-state index contributed by atoms with van der Waals surface area (Å²) in [5.74, 6) is 0.858. The summed E-state index contributed by atoms with van der Waals surface area (Å²) < 4.78 is 0. The quantitative estimate of drug-likeness (QED) is 0.105. The van der Waals surface area contributed by atoms with Gasteiger partial charge in [-0.3, -0.25) is 0 Å². The van der Waals surface area contributed by atoms with Gasteiger partial charge in [-0.25, -0.2) is 0 Å². The van der Waals surface area contributed by atoms with Gasteiger partial charge in [0.25, 0.3) is 0 Å². The van der Waals surface area contributed by atoms with Gasteiger partial charge in [0.1, 0.15) is 0 Å². The molecule has 0 rings (SSSR count). The lowest BCUT2D eigenvalue weighted by molar-refractivity contribution is 0.401. The van der Waals surface area contributed by atoms with Gasteiger partial charge in [0.15, 0.2) is 0 Å². The van der Waals surface area contributed by atoms with Crippen molar-refractivity contribution in [1.29, 1.82) is 0 Å². The summed E-state index contributed by atoms with van der Waals surface area (Å²) in [6.07, 6.45) is 38.5. The van der Waals surface area contributed by atoms with E-state index in [1.54, 1.807) is 0 Å². The topological polar surface area (TPSA) is 0 Å². The van der Waals surface area contributed by atoms with E-state index >= 15 is 0 Å². The third-order valence-electron chi connectivity index (χ3n) is 6.67. The maximum absolute atomic E-state index is 3.92. The average Bonchev–Trinajstić information content (AvgIpc) is 2.77. The van der Waals surface area contributed by atoms with Crippen LogP contribution in [-0.2, 0) is 0 Å². The predicted molar refractivity (Wildman–Crippen MR) is 145 cm³/mol. The lowest BCUT2D eigenvalue weighted by Crippen LogP contribution is -2.03. The van der Waals surface area contributed by atoms with E-state index in [0.29, 0.717) is 0 Å². The second-order valence-corrected chi connectivity index (χ2v) is 9.78. The molecule has 0 radical (unpaired) electrons. The van der Waals surface area contributed by atoms with Crippen LogP contribution in [0.3, 0.4) is 0 Å². The van der Waals surface area contributed by atoms with Crippen molar-refractivity contribution in [1.82, 2.24) is 0 Å². The lowest BCUT2D eigenvalue weighted by Gasteiger charge is -2.18. The number of unbranched alkanes of at least 4 members (excludes halogenated alkanes) is 16. The summed E-state index contributed by atoms with van der Waals surface area (Å²) in [6.45, 7) is 10.7. The van der Waals surface area contributed by atoms with Crippen LogP contribution in [0.25, 0.3) is 0 Å². The maximum atomic E-state index is 3.92. The van der Waals surface area contributed by atoms with Crippen LogP contribution in [0.1, 0.15) is 156 Å². The molecule has 0 fully saturated rings. The SMILES string of the molecule is C=C/C=C(\C=C/C)CC(CCCCCCCCCCC)CCCCCCCCCCC. The predicted octanol–water partition coefficient (Wildman–Crippen LogP) is 11.5. The Kier molecular flexibility index (Phi) is 24.8. The second kappa shape index (κ2) is 25.5. The first-order valence-corrected chi connectivity index (χ1v) is 14.2. The molecule has 0 amide bonds. The standard InChI is InChI=1S/C31H58/c1-5-9-11-13-15-17-19-21-23-27-31(29-30(25-7-3)26-8-4)28-24-22-20-18-16-14-12-10-6-2/h7-8,25-26,31H,3,5-6,9-24,27-29H2,1-2,4H3/b26-8-,30-25+. The van der Waals surface area contributed by atoms with Gasteiger partial charge in [-0.2, -0.15) is 0 Å². The van der Waals surface area contributed by atoms with Gasteiger partial charge in [0, 0.05) is 0 Å². The number of hydrogen-bond donors (Lipinski definition) is 0. The largest absolute Gasteiger partial charge is 0.0991 e.